The highest BCUT2D eigenvalue weighted by molar-refractivity contribution is 6.07. The fourth-order valence-electron chi connectivity index (χ4n) is 12.8. The molecule has 1 fully saturated rings. The lowest BCUT2D eigenvalue weighted by molar-refractivity contribution is -0.127. The molecule has 5 heterocycles. The summed E-state index contributed by atoms with van der Waals surface area (Å²) in [6.45, 7) is 12.5. The van der Waals surface area contributed by atoms with E-state index in [1.807, 2.05) is 106 Å². The van der Waals surface area contributed by atoms with E-state index in [0.29, 0.717) is 71.5 Å². The number of hydrogen-bond donors (Lipinski definition) is 2. The quantitative estimate of drug-likeness (QED) is 0.0654. The molecule has 6 aromatic rings. The maximum absolute atomic E-state index is 14.1. The lowest BCUT2D eigenvalue weighted by Gasteiger charge is -2.34. The minimum absolute atomic E-state index is 0.0722. The molecule has 458 valence electrons. The number of rotatable bonds is 21. The number of fused-ring (bicyclic) bond motifs is 7. The summed E-state index contributed by atoms with van der Waals surface area (Å²) in [7, 11) is 3.74. The number of piperazine rings is 1. The largest absolute Gasteiger partial charge is 0.493 e. The predicted molar refractivity (Wildman–Crippen MR) is 347 cm³/mol. The van der Waals surface area contributed by atoms with Crippen molar-refractivity contribution in [2.75, 3.05) is 70.4 Å². The minimum Gasteiger partial charge on any atom is -0.493 e. The maximum Gasteiger partial charge on any atom is 0.407 e. The number of benzene rings is 6. The Morgan fingerprint density at radius 3 is 1.78 bits per heavy atom. The second kappa shape index (κ2) is 26.2. The molecule has 12 rings (SSSR count). The van der Waals surface area contributed by atoms with Crippen molar-refractivity contribution in [3.8, 4) is 28.4 Å². The molecule has 0 radical (unpaired) electrons. The third-order valence-electron chi connectivity index (χ3n) is 18.0. The van der Waals surface area contributed by atoms with Crippen LogP contribution in [0.15, 0.2) is 144 Å². The van der Waals surface area contributed by atoms with Gasteiger partial charge in [0.25, 0.3) is 11.8 Å². The van der Waals surface area contributed by atoms with E-state index in [1.165, 1.54) is 5.69 Å². The molecule has 89 heavy (non-hydrogen) atoms. The van der Waals surface area contributed by atoms with Gasteiger partial charge < -0.3 is 49.2 Å². The van der Waals surface area contributed by atoms with E-state index in [9.17, 15) is 24.0 Å². The first-order chi connectivity index (χ1) is 43.2. The van der Waals surface area contributed by atoms with Crippen molar-refractivity contribution in [1.82, 2.24) is 20.0 Å². The van der Waals surface area contributed by atoms with Crippen molar-refractivity contribution in [1.29, 1.82) is 0 Å². The first kappa shape index (κ1) is 60.0. The van der Waals surface area contributed by atoms with Crippen molar-refractivity contribution >= 4 is 75.9 Å². The number of methoxy groups -OCH3 is 1. The van der Waals surface area contributed by atoms with Crippen LogP contribution in [0.5, 0.6) is 17.2 Å². The summed E-state index contributed by atoms with van der Waals surface area (Å²) in [5, 5.41) is 5.73. The molecule has 0 unspecified atom stereocenters. The number of aliphatic imine (C=N–C) groups is 2. The molecule has 6 aromatic carbocycles. The fourth-order valence-corrected chi connectivity index (χ4v) is 12.8. The average Bonchev–Trinajstić information content (AvgIpc) is 1.69. The van der Waals surface area contributed by atoms with Gasteiger partial charge in [-0.1, -0.05) is 93.6 Å². The van der Waals surface area contributed by atoms with Crippen LogP contribution >= 0.6 is 0 Å². The standard InChI is InChI=1S/C72H76N8O9/c1-44(2)68(76-72(85)89-43-61-57-16-10-8-14-55(57)56-15-9-11-17-58(56)61)64(81)33-46(4)69(82)75-51-22-18-47(19-23-51)49-34-53-39-73-62-37-65(45(3)32-59(62)70(83)79(53)41-49)87-30-12-7-13-31-88-67-38-63-60(36-66(67)86-6)71(84)80-42-50(35-54(80)40-74-63)48-20-24-52(25-21-48)78-28-26-77(5)27-29-78/h8-11,14-25,32,36-42,44,46,53-54,61,68H,7,12-13,26-31,33-35,43H2,1-6H3,(H,75,82)(H,76,85)/t46-,53+,54+,68+/m1/s1. The van der Waals surface area contributed by atoms with Crippen molar-refractivity contribution in [2.45, 2.75) is 90.3 Å². The highest BCUT2D eigenvalue weighted by Gasteiger charge is 2.37. The van der Waals surface area contributed by atoms with Gasteiger partial charge in [-0.25, -0.2) is 4.79 Å². The molecule has 5 aliphatic heterocycles. The summed E-state index contributed by atoms with van der Waals surface area (Å²) in [4.78, 5) is 86.3. The number of amides is 4. The molecule has 17 nitrogen and oxygen atoms in total. The van der Waals surface area contributed by atoms with Crippen LogP contribution in [0.4, 0.5) is 27.5 Å². The average molecular weight is 1200 g/mol. The SMILES string of the molecule is COc1cc2c(cc1OCCCCCOc1cc3c(cc1C)C(=O)N1C=C(c4ccc(NC(=O)[C@H](C)CC(=O)[C@@H](NC(=O)OCC5c6ccccc6-c6ccccc65)C(C)C)cc4)C[C@H]1C=N3)N=C[C@@H]1CC(c3ccc(N4CCN(C)CC4)cc3)=CN1C2=O. The van der Waals surface area contributed by atoms with Crippen molar-refractivity contribution < 1.29 is 42.9 Å². The molecule has 1 saturated heterocycles. The highest BCUT2D eigenvalue weighted by Crippen LogP contribution is 2.45. The Labute approximate surface area is 520 Å². The van der Waals surface area contributed by atoms with Gasteiger partial charge >= 0.3 is 6.09 Å². The molecule has 0 spiro atoms. The Bertz CT molecular complexity index is 3780. The summed E-state index contributed by atoms with van der Waals surface area (Å²) in [5.41, 5.74) is 13.2. The van der Waals surface area contributed by atoms with Crippen molar-refractivity contribution in [3.63, 3.8) is 0 Å². The van der Waals surface area contributed by atoms with Gasteiger partial charge in [-0.2, -0.15) is 0 Å². The van der Waals surface area contributed by atoms with Gasteiger partial charge in [0.15, 0.2) is 17.3 Å². The van der Waals surface area contributed by atoms with E-state index in [-0.39, 0.29) is 60.5 Å². The Morgan fingerprint density at radius 2 is 1.19 bits per heavy atom. The van der Waals surface area contributed by atoms with Gasteiger partial charge in [0, 0.05) is 106 Å². The van der Waals surface area contributed by atoms with Crippen LogP contribution in [0.1, 0.15) is 114 Å². The number of nitrogens with zero attached hydrogens (tertiary/aromatic N) is 6. The van der Waals surface area contributed by atoms with Gasteiger partial charge in [-0.3, -0.25) is 29.2 Å². The van der Waals surface area contributed by atoms with E-state index in [2.05, 4.69) is 76.0 Å². The number of carbonyl (C=O) groups is 5. The van der Waals surface area contributed by atoms with Gasteiger partial charge in [-0.15, -0.1) is 0 Å². The zero-order valence-electron chi connectivity index (χ0n) is 51.4. The molecule has 0 aromatic heterocycles. The molecule has 17 heteroatoms. The molecular formula is C72H76N8O9. The van der Waals surface area contributed by atoms with E-state index in [0.717, 1.165) is 95.5 Å². The molecule has 6 aliphatic rings. The lowest BCUT2D eigenvalue weighted by atomic mass is 9.93. The normalized spacial score (nSPS) is 18.1. The maximum atomic E-state index is 14.1. The Balaban J connectivity index is 0.580. The van der Waals surface area contributed by atoms with E-state index < -0.39 is 18.1 Å². The Kier molecular flexibility index (Phi) is 17.6. The molecule has 4 atom stereocenters. The topological polar surface area (TPSA) is 184 Å². The van der Waals surface area contributed by atoms with Crippen LogP contribution in [0.3, 0.4) is 0 Å². The smallest absolute Gasteiger partial charge is 0.407 e. The lowest BCUT2D eigenvalue weighted by Crippen LogP contribution is -2.45. The van der Waals surface area contributed by atoms with Crippen molar-refractivity contribution in [2.24, 2.45) is 21.8 Å². The number of aryl methyl sites for hydroxylation is 1. The summed E-state index contributed by atoms with van der Waals surface area (Å²) < 4.78 is 24.0. The number of likely N-dealkylation sites (N-methyl/N-ethyl adjacent to an activating group) is 1. The molecule has 0 bridgehead atoms. The molecular weight excluding hydrogens is 1120 g/mol. The number of ketones is 1. The van der Waals surface area contributed by atoms with Gasteiger partial charge in [0.05, 0.1) is 61.0 Å². The number of hydrogen-bond acceptors (Lipinski definition) is 13. The summed E-state index contributed by atoms with van der Waals surface area (Å²) in [6, 6.07) is 38.2. The second-order valence-electron chi connectivity index (χ2n) is 24.4. The number of alkyl carbamates (subject to hydrolysis) is 1. The van der Waals surface area contributed by atoms with Gasteiger partial charge in [-0.05, 0) is 126 Å². The predicted octanol–water partition coefficient (Wildman–Crippen LogP) is 12.4. The number of ether oxygens (including phenoxy) is 4. The van der Waals surface area contributed by atoms with Crippen molar-refractivity contribution in [3.05, 3.63) is 173 Å². The van der Waals surface area contributed by atoms with E-state index >= 15 is 0 Å². The number of carbonyl (C=O) groups excluding carboxylic acids is 5. The molecule has 1 aliphatic carbocycles. The minimum atomic E-state index is -0.835. The van der Waals surface area contributed by atoms with Crippen LogP contribution in [0, 0.1) is 18.8 Å². The summed E-state index contributed by atoms with van der Waals surface area (Å²) in [6.07, 6.45) is 10.4. The Hall–Kier alpha value is -9.35. The molecule has 2 N–H and O–H groups in total. The number of unbranched alkanes of at least 4 members (excludes halogenated alkanes) is 2. The van der Waals surface area contributed by atoms with Gasteiger partial charge in [0.2, 0.25) is 5.91 Å². The van der Waals surface area contributed by atoms with E-state index in [4.69, 9.17) is 28.9 Å². The third-order valence-corrected chi connectivity index (χ3v) is 18.0. The van der Waals surface area contributed by atoms with Crippen LogP contribution < -0.4 is 29.7 Å². The van der Waals surface area contributed by atoms with Crippen LogP contribution in [-0.4, -0.2) is 135 Å². The fraction of sp³-hybridized carbons (Fsp3) is 0.347. The first-order valence-electron chi connectivity index (χ1n) is 31.0. The zero-order valence-corrected chi connectivity index (χ0v) is 51.4. The van der Waals surface area contributed by atoms with Crippen LogP contribution in [0.2, 0.25) is 0 Å². The van der Waals surface area contributed by atoms with E-state index in [1.54, 1.807) is 36.0 Å². The summed E-state index contributed by atoms with van der Waals surface area (Å²) >= 11 is 0. The number of Topliss-reactive ketones (excluding diaryl/α,β-unsaturated/α-hetero) is 1. The van der Waals surface area contributed by atoms with Crippen LogP contribution in [0.25, 0.3) is 22.3 Å². The number of anilines is 2. The Morgan fingerprint density at radius 1 is 0.640 bits per heavy atom. The first-order valence-corrected chi connectivity index (χ1v) is 31.0. The van der Waals surface area contributed by atoms with Crippen LogP contribution in [-0.2, 0) is 14.3 Å². The highest BCUT2D eigenvalue weighted by atomic mass is 16.5. The zero-order chi connectivity index (χ0) is 61.9. The number of nitrogens with one attached hydrogen (secondary N) is 2. The molecule has 0 saturated carbocycles. The monoisotopic (exact) mass is 1200 g/mol. The van der Waals surface area contributed by atoms with Gasteiger partial charge in [0.1, 0.15) is 12.4 Å². The summed E-state index contributed by atoms with van der Waals surface area (Å²) in [5.74, 6) is -0.192. The third kappa shape index (κ3) is 12.8. The second-order valence-corrected chi connectivity index (χ2v) is 24.4. The molecule has 4 amide bonds.